The van der Waals surface area contributed by atoms with Gasteiger partial charge in [0.2, 0.25) is 0 Å². The summed E-state index contributed by atoms with van der Waals surface area (Å²) >= 11 is 1.86. The number of ether oxygens (including phenoxy) is 2. The van der Waals surface area contributed by atoms with Gasteiger partial charge in [0.1, 0.15) is 16.6 Å². The third-order valence-corrected chi connectivity index (χ3v) is 9.87. The quantitative estimate of drug-likeness (QED) is 0.159. The summed E-state index contributed by atoms with van der Waals surface area (Å²) in [5.41, 5.74) is 1.89. The van der Waals surface area contributed by atoms with Crippen molar-refractivity contribution in [1.29, 1.82) is 0 Å². The Balaban J connectivity index is 1.57. The molecule has 1 aliphatic heterocycles. The Morgan fingerprint density at radius 1 is 0.909 bits per heavy atom. The molecule has 0 radical (unpaired) electrons. The number of hydrogen-bond donors (Lipinski definition) is 0. The summed E-state index contributed by atoms with van der Waals surface area (Å²) in [5, 5.41) is 0. The number of aryl methyl sites for hydroxylation is 2. The van der Waals surface area contributed by atoms with Gasteiger partial charge in [0.25, 0.3) is 0 Å². The molecule has 4 rings (SSSR count). The fraction of sp³-hybridized carbons (Fsp3) is 0.321. The van der Waals surface area contributed by atoms with E-state index in [1.165, 1.54) is 37.2 Å². The molecule has 0 saturated carbocycles. The molecule has 0 N–H and O–H groups in total. The van der Waals surface area contributed by atoms with E-state index in [9.17, 15) is 4.79 Å². The zero-order valence-electron chi connectivity index (χ0n) is 19.9. The van der Waals surface area contributed by atoms with Crippen LogP contribution in [0.2, 0.25) is 0 Å². The van der Waals surface area contributed by atoms with Gasteiger partial charge in [-0.3, -0.25) is 4.79 Å². The Hall–Kier alpha value is -2.37. The molecule has 3 aromatic carbocycles. The number of carbonyl (C=O) groups excluding carboxylic acids is 1. The number of esters is 1. The second-order valence-corrected chi connectivity index (χ2v) is 12.0. The molecule has 0 aliphatic carbocycles. The van der Waals surface area contributed by atoms with E-state index in [2.05, 4.69) is 74.5 Å². The van der Waals surface area contributed by atoms with Crippen molar-refractivity contribution in [3.8, 4) is 5.75 Å². The van der Waals surface area contributed by atoms with E-state index in [4.69, 9.17) is 9.47 Å². The van der Waals surface area contributed by atoms with E-state index in [0.29, 0.717) is 6.61 Å². The molecule has 3 aromatic rings. The van der Waals surface area contributed by atoms with Gasteiger partial charge in [-0.1, -0.05) is 36.0 Å². The summed E-state index contributed by atoms with van der Waals surface area (Å²) in [4.78, 5) is 18.7. The molecule has 0 atom stereocenters. The van der Waals surface area contributed by atoms with Gasteiger partial charge in [-0.15, -0.1) is 0 Å². The first-order chi connectivity index (χ1) is 15.8. The lowest BCUT2D eigenvalue weighted by Gasteiger charge is -2.22. The third kappa shape index (κ3) is 4.95. The van der Waals surface area contributed by atoms with Gasteiger partial charge in [-0.2, -0.15) is 0 Å². The first-order valence-corrected chi connectivity index (χ1v) is 13.3. The van der Waals surface area contributed by atoms with Crippen LogP contribution < -0.4 is 4.74 Å². The summed E-state index contributed by atoms with van der Waals surface area (Å²) in [6, 6.07) is 22.0. The number of fused-ring (bicyclic) bond motifs is 2. The van der Waals surface area contributed by atoms with Crippen molar-refractivity contribution in [2.75, 3.05) is 13.7 Å². The van der Waals surface area contributed by atoms with Crippen LogP contribution in [0.3, 0.4) is 0 Å². The Bertz CT molecular complexity index is 1120. The lowest BCUT2D eigenvalue weighted by Crippen LogP contribution is -2.26. The maximum Gasteiger partial charge on any atom is 0.311 e. The summed E-state index contributed by atoms with van der Waals surface area (Å²) in [6.07, 6.45) is 1.52. The van der Waals surface area contributed by atoms with Crippen molar-refractivity contribution >= 4 is 28.6 Å². The highest BCUT2D eigenvalue weighted by Gasteiger charge is 2.39. The van der Waals surface area contributed by atoms with Gasteiger partial charge in [0.15, 0.2) is 14.7 Å². The number of benzene rings is 3. The van der Waals surface area contributed by atoms with Crippen LogP contribution in [0.5, 0.6) is 5.75 Å². The van der Waals surface area contributed by atoms with Crippen molar-refractivity contribution in [3.05, 3.63) is 71.8 Å². The van der Waals surface area contributed by atoms with E-state index in [0.717, 1.165) is 24.2 Å². The molecule has 5 heteroatoms. The SMILES string of the molecule is COC(=O)C(C)(C)CCCOc1cc(C)c([S+]2c3ccccc3Sc3ccccc32)cc1C. The average Bonchev–Trinajstić information content (AvgIpc) is 2.81. The van der Waals surface area contributed by atoms with Crippen LogP contribution in [0.1, 0.15) is 37.8 Å². The van der Waals surface area contributed by atoms with E-state index < -0.39 is 5.41 Å². The first kappa shape index (κ1) is 23.8. The lowest BCUT2D eigenvalue weighted by atomic mass is 9.88. The number of methoxy groups -OCH3 is 1. The highest BCUT2D eigenvalue weighted by Crippen LogP contribution is 2.49. The van der Waals surface area contributed by atoms with Crippen LogP contribution in [0.25, 0.3) is 0 Å². The van der Waals surface area contributed by atoms with Crippen LogP contribution >= 0.6 is 11.8 Å². The van der Waals surface area contributed by atoms with Gasteiger partial charge in [-0.25, -0.2) is 0 Å². The largest absolute Gasteiger partial charge is 0.493 e. The van der Waals surface area contributed by atoms with Crippen LogP contribution in [-0.4, -0.2) is 19.7 Å². The molecule has 0 amide bonds. The predicted molar refractivity (Wildman–Crippen MR) is 136 cm³/mol. The Labute approximate surface area is 204 Å². The number of carbonyl (C=O) groups is 1. The molecular formula is C28H31O3S2+. The molecule has 0 unspecified atom stereocenters. The van der Waals surface area contributed by atoms with Gasteiger partial charge >= 0.3 is 5.97 Å². The van der Waals surface area contributed by atoms with Crippen molar-refractivity contribution < 1.29 is 14.3 Å². The number of rotatable bonds is 7. The van der Waals surface area contributed by atoms with Crippen molar-refractivity contribution in [3.63, 3.8) is 0 Å². The van der Waals surface area contributed by atoms with E-state index >= 15 is 0 Å². The van der Waals surface area contributed by atoms with Crippen LogP contribution in [0, 0.1) is 19.3 Å². The average molecular weight is 480 g/mol. The minimum Gasteiger partial charge on any atom is -0.493 e. The minimum absolute atomic E-state index is 0.141. The fourth-order valence-electron chi connectivity index (χ4n) is 4.09. The fourth-order valence-corrected chi connectivity index (χ4v) is 8.06. The maximum atomic E-state index is 11.9. The normalized spacial score (nSPS) is 13.2. The van der Waals surface area contributed by atoms with Crippen molar-refractivity contribution in [2.24, 2.45) is 5.41 Å². The van der Waals surface area contributed by atoms with E-state index in [-0.39, 0.29) is 16.9 Å². The highest BCUT2D eigenvalue weighted by molar-refractivity contribution is 8.04. The topological polar surface area (TPSA) is 35.5 Å². The van der Waals surface area contributed by atoms with Crippen molar-refractivity contribution in [2.45, 2.75) is 65.0 Å². The summed E-state index contributed by atoms with van der Waals surface area (Å²) in [7, 11) is 1.30. The lowest BCUT2D eigenvalue weighted by molar-refractivity contribution is -0.151. The summed E-state index contributed by atoms with van der Waals surface area (Å²) in [5.74, 6) is 0.745. The van der Waals surface area contributed by atoms with Gasteiger partial charge in [0.05, 0.1) is 28.9 Å². The molecule has 0 bridgehead atoms. The summed E-state index contributed by atoms with van der Waals surface area (Å²) in [6.45, 7) is 8.72. The van der Waals surface area contributed by atoms with Crippen molar-refractivity contribution in [1.82, 2.24) is 0 Å². The third-order valence-electron chi connectivity index (χ3n) is 5.99. The molecular weight excluding hydrogens is 448 g/mol. The standard InChI is InChI=1S/C28H31O3S2/c1-19-18-26(20(2)17-21(19)31-16-10-15-28(3,4)27(29)30-5)33-24-13-8-6-11-22(24)32-23-12-7-9-14-25(23)33/h6-9,11-14,17-18H,10,15-16H2,1-5H3/q+1. The second-order valence-electron chi connectivity index (χ2n) is 9.01. The van der Waals surface area contributed by atoms with E-state index in [1.54, 1.807) is 0 Å². The second kappa shape index (κ2) is 9.86. The molecule has 0 spiro atoms. The molecule has 0 saturated heterocycles. The first-order valence-electron chi connectivity index (χ1n) is 11.2. The Morgan fingerprint density at radius 3 is 2.12 bits per heavy atom. The Morgan fingerprint density at radius 2 is 1.52 bits per heavy atom. The molecule has 3 nitrogen and oxygen atoms in total. The zero-order valence-corrected chi connectivity index (χ0v) is 21.6. The highest BCUT2D eigenvalue weighted by atomic mass is 32.2. The monoisotopic (exact) mass is 479 g/mol. The smallest absolute Gasteiger partial charge is 0.311 e. The van der Waals surface area contributed by atoms with Crippen LogP contribution in [-0.2, 0) is 20.4 Å². The number of hydrogen-bond acceptors (Lipinski definition) is 4. The molecule has 0 fully saturated rings. The zero-order chi connectivity index (χ0) is 23.6. The molecule has 33 heavy (non-hydrogen) atoms. The van der Waals surface area contributed by atoms with Gasteiger partial charge < -0.3 is 9.47 Å². The van der Waals surface area contributed by atoms with Gasteiger partial charge in [-0.05, 0) is 76.4 Å². The van der Waals surface area contributed by atoms with Gasteiger partial charge in [0, 0.05) is 11.6 Å². The van der Waals surface area contributed by atoms with E-state index in [1.807, 2.05) is 25.6 Å². The van der Waals surface area contributed by atoms with Crippen LogP contribution in [0.15, 0.2) is 85.1 Å². The molecule has 1 heterocycles. The molecule has 172 valence electrons. The Kier molecular flexibility index (Phi) is 7.10. The summed E-state index contributed by atoms with van der Waals surface area (Å²) < 4.78 is 11.1. The molecule has 0 aromatic heterocycles. The minimum atomic E-state index is -0.492. The predicted octanol–water partition coefficient (Wildman–Crippen LogP) is 7.22. The molecule has 1 aliphatic rings. The van der Waals surface area contributed by atoms with Crippen LogP contribution in [0.4, 0.5) is 0 Å². The maximum absolute atomic E-state index is 11.9.